The van der Waals surface area contributed by atoms with Crippen LogP contribution in [-0.2, 0) is 4.79 Å². The van der Waals surface area contributed by atoms with E-state index < -0.39 is 0 Å². The van der Waals surface area contributed by atoms with E-state index in [0.29, 0.717) is 0 Å². The van der Waals surface area contributed by atoms with Gasteiger partial charge in [0.25, 0.3) is 0 Å². The predicted molar refractivity (Wildman–Crippen MR) is 37.7 cm³/mol. The lowest BCUT2D eigenvalue weighted by Gasteiger charge is -1.86. The molecule has 0 saturated heterocycles. The number of unbranched alkanes of at least 4 members (excludes halogenated alkanes) is 1. The Labute approximate surface area is 57.2 Å². The van der Waals surface area contributed by atoms with Crippen molar-refractivity contribution < 1.29 is 4.79 Å². The van der Waals surface area contributed by atoms with Gasteiger partial charge >= 0.3 is 0 Å². The van der Waals surface area contributed by atoms with Crippen LogP contribution in [0.15, 0.2) is 0 Å². The highest BCUT2D eigenvalue weighted by molar-refractivity contribution is 6.35. The van der Waals surface area contributed by atoms with E-state index in [9.17, 15) is 4.79 Å². The maximum absolute atomic E-state index is 9.78. The summed E-state index contributed by atoms with van der Waals surface area (Å²) in [6, 6.07) is 0. The molecule has 0 aromatic carbocycles. The van der Waals surface area contributed by atoms with Crippen LogP contribution in [0.4, 0.5) is 0 Å². The second kappa shape index (κ2) is 7.20. The molecule has 0 atom stereocenters. The lowest BCUT2D eigenvalue weighted by Crippen LogP contribution is -1.85. The Balaban J connectivity index is 2.62. The maximum atomic E-state index is 9.78. The van der Waals surface area contributed by atoms with Gasteiger partial charge in [-0.25, -0.2) is 0 Å². The summed E-state index contributed by atoms with van der Waals surface area (Å²) in [4.78, 5) is 9.78. The van der Waals surface area contributed by atoms with Crippen molar-refractivity contribution in [1.29, 1.82) is 0 Å². The van der Waals surface area contributed by atoms with Crippen molar-refractivity contribution >= 4 is 21.5 Å². The zero-order valence-electron chi connectivity index (χ0n) is 5.52. The van der Waals surface area contributed by atoms with Gasteiger partial charge in [0.05, 0.1) is 0 Å². The molecular formula is C6H13AlO. The van der Waals surface area contributed by atoms with Gasteiger partial charge in [-0.15, -0.1) is 5.28 Å². The Morgan fingerprint density at radius 1 is 1.62 bits per heavy atom. The van der Waals surface area contributed by atoms with Gasteiger partial charge in [-0.05, 0) is 0 Å². The van der Waals surface area contributed by atoms with Gasteiger partial charge in [0.15, 0.2) is 0 Å². The minimum absolute atomic E-state index is 0.242. The number of hydrogen-bond donors (Lipinski definition) is 0. The van der Waals surface area contributed by atoms with E-state index in [0.717, 1.165) is 19.1 Å². The number of rotatable bonds is 5. The Morgan fingerprint density at radius 3 is 2.88 bits per heavy atom. The first-order valence-electron chi connectivity index (χ1n) is 3.35. The minimum Gasteiger partial charge on any atom is -0.303 e. The zero-order valence-corrected chi connectivity index (χ0v) is 6.94. The fourth-order valence-corrected chi connectivity index (χ4v) is 1.80. The molecule has 8 heavy (non-hydrogen) atoms. The summed E-state index contributed by atoms with van der Waals surface area (Å²) in [5.74, 6) is 0. The zero-order chi connectivity index (χ0) is 6.24. The molecule has 0 aliphatic heterocycles. The Morgan fingerprint density at radius 2 is 2.38 bits per heavy atom. The summed E-state index contributed by atoms with van der Waals surface area (Å²) < 4.78 is 0. The molecule has 0 radical (unpaired) electrons. The number of carbonyl (C=O) groups is 1. The van der Waals surface area contributed by atoms with Gasteiger partial charge in [-0.2, -0.15) is 0 Å². The fourth-order valence-electron chi connectivity index (χ4n) is 0.654. The van der Waals surface area contributed by atoms with Gasteiger partial charge in [0.2, 0.25) is 15.2 Å². The van der Waals surface area contributed by atoms with Crippen LogP contribution in [0.3, 0.4) is 0 Å². The fraction of sp³-hybridized carbons (Fsp3) is 0.833. The summed E-state index contributed by atoms with van der Waals surface area (Å²) in [7, 11) is 0. The highest BCUT2D eigenvalue weighted by Crippen LogP contribution is 1.93. The van der Waals surface area contributed by atoms with Gasteiger partial charge in [0.1, 0.15) is 6.29 Å². The van der Waals surface area contributed by atoms with E-state index >= 15 is 0 Å². The first kappa shape index (κ1) is 8.20. The van der Waals surface area contributed by atoms with Crippen LogP contribution >= 0.6 is 0 Å². The van der Waals surface area contributed by atoms with Crippen molar-refractivity contribution in [2.75, 3.05) is 0 Å². The lowest BCUT2D eigenvalue weighted by molar-refractivity contribution is -0.107. The van der Waals surface area contributed by atoms with Gasteiger partial charge in [0, 0.05) is 6.42 Å². The number of aldehydes is 1. The van der Waals surface area contributed by atoms with E-state index in [1.54, 1.807) is 0 Å². The molecule has 46 valence electrons. The molecule has 0 amide bonds. The monoisotopic (exact) mass is 128 g/mol. The molecule has 0 aliphatic rings. The third kappa shape index (κ3) is 6.20. The van der Waals surface area contributed by atoms with Crippen molar-refractivity contribution in [1.82, 2.24) is 0 Å². The van der Waals surface area contributed by atoms with E-state index in [1.807, 2.05) is 0 Å². The van der Waals surface area contributed by atoms with E-state index in [4.69, 9.17) is 0 Å². The van der Waals surface area contributed by atoms with Gasteiger partial charge in [-0.3, -0.25) is 0 Å². The van der Waals surface area contributed by atoms with Crippen LogP contribution in [0.5, 0.6) is 0 Å². The molecule has 0 unspecified atom stereocenters. The normalized spacial score (nSPS) is 8.62. The lowest BCUT2D eigenvalue weighted by atomic mass is 10.4. The smallest absolute Gasteiger partial charge is 0.236 e. The summed E-state index contributed by atoms with van der Waals surface area (Å²) in [5.41, 5.74) is 0. The van der Waals surface area contributed by atoms with Crippen molar-refractivity contribution in [3.05, 3.63) is 0 Å². The van der Waals surface area contributed by atoms with Crippen LogP contribution in [0, 0.1) is 0 Å². The first-order chi connectivity index (χ1) is 3.91. The minimum atomic E-state index is 0.242. The molecule has 0 N–H and O–H groups in total. The average Bonchev–Trinajstić information content (AvgIpc) is 1.81. The van der Waals surface area contributed by atoms with Gasteiger partial charge < -0.3 is 4.79 Å². The standard InChI is InChI=1S/C4H7O.C2H5.Al.H/c1-2-3-4-5;1-2;;/h4H,1-3H2;1H2,2H3;;. The first-order valence-corrected chi connectivity index (χ1v) is 5.35. The van der Waals surface area contributed by atoms with E-state index in [2.05, 4.69) is 6.92 Å². The Bertz CT molecular complexity index is 54.5. The maximum Gasteiger partial charge on any atom is 0.236 e. The number of carbonyl (C=O) groups excluding carboxylic acids is 1. The molecule has 0 aromatic rings. The molecule has 0 rings (SSSR count). The SMILES string of the molecule is C[CH2][AlH][CH2]CCC=O. The highest BCUT2D eigenvalue weighted by Gasteiger charge is 1.87. The summed E-state index contributed by atoms with van der Waals surface area (Å²) in [6.07, 6.45) is 2.95. The third-order valence-corrected chi connectivity index (χ3v) is 2.88. The average molecular weight is 128 g/mol. The van der Waals surface area contributed by atoms with E-state index in [1.165, 1.54) is 10.6 Å². The quantitative estimate of drug-likeness (QED) is 0.309. The van der Waals surface area contributed by atoms with Crippen LogP contribution in [-0.4, -0.2) is 21.5 Å². The summed E-state index contributed by atoms with van der Waals surface area (Å²) in [5, 5.41) is 2.74. The molecular weight excluding hydrogens is 115 g/mol. The molecule has 0 spiro atoms. The molecule has 0 fully saturated rings. The summed E-state index contributed by atoms with van der Waals surface area (Å²) >= 11 is 0.242. The largest absolute Gasteiger partial charge is 0.303 e. The van der Waals surface area contributed by atoms with Crippen LogP contribution in [0.2, 0.25) is 10.6 Å². The van der Waals surface area contributed by atoms with Gasteiger partial charge in [-0.1, -0.05) is 18.6 Å². The summed E-state index contributed by atoms with van der Waals surface area (Å²) in [6.45, 7) is 2.23. The number of hydrogen-bond acceptors (Lipinski definition) is 1. The molecule has 0 saturated carbocycles. The van der Waals surface area contributed by atoms with Crippen molar-refractivity contribution in [3.63, 3.8) is 0 Å². The van der Waals surface area contributed by atoms with Crippen LogP contribution in [0.1, 0.15) is 19.8 Å². The predicted octanol–water partition coefficient (Wildman–Crippen LogP) is 1.26. The Kier molecular flexibility index (Phi) is 7.38. The van der Waals surface area contributed by atoms with Crippen LogP contribution in [0.25, 0.3) is 0 Å². The van der Waals surface area contributed by atoms with Crippen LogP contribution < -0.4 is 0 Å². The Hall–Kier alpha value is 0.202. The molecule has 2 heteroatoms. The molecule has 0 aliphatic carbocycles. The third-order valence-electron chi connectivity index (χ3n) is 1.18. The molecule has 0 bridgehead atoms. The molecule has 1 nitrogen and oxygen atoms in total. The van der Waals surface area contributed by atoms with Crippen molar-refractivity contribution in [2.24, 2.45) is 0 Å². The topological polar surface area (TPSA) is 17.1 Å². The highest BCUT2D eigenvalue weighted by atomic mass is 27.1. The molecule has 0 aromatic heterocycles. The van der Waals surface area contributed by atoms with Crippen molar-refractivity contribution in [3.8, 4) is 0 Å². The molecule has 0 heterocycles. The second-order valence-corrected chi connectivity index (χ2v) is 4.43. The van der Waals surface area contributed by atoms with Crippen molar-refractivity contribution in [2.45, 2.75) is 30.3 Å². The van der Waals surface area contributed by atoms with E-state index in [-0.39, 0.29) is 15.2 Å². The second-order valence-electron chi connectivity index (χ2n) is 2.02.